The van der Waals surface area contributed by atoms with E-state index in [0.717, 1.165) is 11.1 Å². The minimum atomic E-state index is -5.32. The number of phosphoric acid groups is 1. The van der Waals surface area contributed by atoms with Crippen LogP contribution in [0.1, 0.15) is 150 Å². The molecule has 7 heterocycles. The third kappa shape index (κ3) is 13.8. The van der Waals surface area contributed by atoms with Gasteiger partial charge in [0.25, 0.3) is 7.82 Å². The minimum absolute atomic E-state index is 0. The second-order valence-electron chi connectivity index (χ2n) is 27.1. The number of rotatable bonds is 26. The van der Waals surface area contributed by atoms with E-state index in [9.17, 15) is 53.2 Å². The first-order chi connectivity index (χ1) is 41.8. The first kappa shape index (κ1) is 71.9. The predicted molar refractivity (Wildman–Crippen MR) is 331 cm³/mol. The number of allylic oxidation sites excluding steroid dienone is 6. The zero-order valence-electron chi connectivity index (χ0n) is 53.5. The van der Waals surface area contributed by atoms with E-state index in [1.54, 1.807) is 0 Å². The van der Waals surface area contributed by atoms with Crippen LogP contribution in [0.2, 0.25) is 0 Å². The van der Waals surface area contributed by atoms with Gasteiger partial charge in [0, 0.05) is 148 Å². The fraction of sp³-hybridized carbons (Fsp3) is 0.629. The number of aliphatic hydroxyl groups is 2. The Morgan fingerprint density at radius 3 is 1.99 bits per heavy atom. The Bertz CT molecular complexity index is 3540. The average molecular weight is 1330 g/mol. The van der Waals surface area contributed by atoms with Crippen LogP contribution in [0.5, 0.6) is 0 Å². The largest absolute Gasteiger partial charge is 0.756 e. The number of phosphoric ester groups is 1. The summed E-state index contributed by atoms with van der Waals surface area (Å²) in [6, 6.07) is 2.67. The number of aliphatic imine (C=N–C) groups is 3. The number of fused-ring (bicyclic) bond motifs is 7. The number of nitrogens with one attached hydrogen (secondary N) is 2. The van der Waals surface area contributed by atoms with Gasteiger partial charge in [-0.15, -0.1) is 0 Å². The maximum Gasteiger partial charge on any atom is 0.268 e. The van der Waals surface area contributed by atoms with E-state index in [4.69, 9.17) is 63.2 Å². The summed E-state index contributed by atoms with van der Waals surface area (Å²) in [6.45, 7) is 19.1. The smallest absolute Gasteiger partial charge is 0.268 e. The third-order valence-corrected chi connectivity index (χ3v) is 21.7. The summed E-state index contributed by atoms with van der Waals surface area (Å²) >= 11 is 0. The Hall–Kier alpha value is -6.49. The van der Waals surface area contributed by atoms with Gasteiger partial charge in [-0.3, -0.25) is 53.1 Å². The molecule has 2 saturated heterocycles. The molecule has 1 aromatic carbocycles. The number of hydrogen-bond acceptors (Lipinski definition) is 19. The van der Waals surface area contributed by atoms with Crippen molar-refractivity contribution in [3.63, 3.8) is 0 Å². The average Bonchev–Trinajstić information content (AvgIpc) is 1.54. The normalized spacial score (nSPS) is 33.8. The number of carbonyl (C=O) groups excluding carboxylic acids is 7. The molecule has 91 heavy (non-hydrogen) atoms. The maximum atomic E-state index is 14.4. The predicted octanol–water partition coefficient (Wildman–Crippen LogP) is 2.53. The zero-order chi connectivity index (χ0) is 66.7. The van der Waals surface area contributed by atoms with Crippen molar-refractivity contribution in [2.24, 2.45) is 94.7 Å². The van der Waals surface area contributed by atoms with Gasteiger partial charge < -0.3 is 78.5 Å². The van der Waals surface area contributed by atoms with Crippen molar-refractivity contribution in [1.29, 1.82) is 0 Å². The quantitative estimate of drug-likeness (QED) is 0.0605. The molecule has 1 radical (unpaired) electrons. The molecule has 501 valence electrons. The van der Waals surface area contributed by atoms with Crippen molar-refractivity contribution in [3.8, 4) is 0 Å². The van der Waals surface area contributed by atoms with Crippen molar-refractivity contribution in [3.05, 3.63) is 63.9 Å². The molecule has 1 unspecified atom stereocenters. The van der Waals surface area contributed by atoms with E-state index in [-0.39, 0.29) is 94.0 Å². The van der Waals surface area contributed by atoms with Gasteiger partial charge in [-0.1, -0.05) is 34.6 Å². The molecule has 6 aliphatic heterocycles. The molecule has 15 atom stereocenters. The summed E-state index contributed by atoms with van der Waals surface area (Å²) in [4.78, 5) is 128. The Kier molecular flexibility index (Phi) is 21.2. The van der Waals surface area contributed by atoms with Crippen molar-refractivity contribution in [2.75, 3.05) is 13.2 Å². The number of aryl methyl sites for hydroxylation is 2. The van der Waals surface area contributed by atoms with Crippen LogP contribution in [0.15, 0.2) is 67.8 Å². The number of benzene rings is 1. The monoisotopic (exact) mass is 1330 g/mol. The van der Waals surface area contributed by atoms with Crippen LogP contribution < -0.4 is 49.9 Å². The van der Waals surface area contributed by atoms with E-state index in [1.807, 2.05) is 87.4 Å². The van der Waals surface area contributed by atoms with E-state index in [2.05, 4.69) is 15.6 Å². The summed E-state index contributed by atoms with van der Waals surface area (Å²) in [6.07, 6.45) is -4.57. The van der Waals surface area contributed by atoms with Crippen LogP contribution in [0.3, 0.4) is 0 Å². The van der Waals surface area contributed by atoms with Crippen molar-refractivity contribution < 1.29 is 83.8 Å². The first-order valence-corrected chi connectivity index (χ1v) is 32.0. The molecule has 1 aromatic heterocycles. The minimum Gasteiger partial charge on any atom is -0.756 e. The number of nitrogens with two attached hydrogens (primary N) is 6. The molecular formula is C62H89CoN13O14P-. The maximum absolute atomic E-state index is 14.4. The van der Waals surface area contributed by atoms with Gasteiger partial charge in [-0.05, 0) is 108 Å². The van der Waals surface area contributed by atoms with Crippen LogP contribution in [0.4, 0.5) is 0 Å². The standard InChI is InChI=1S/C62H90N13O14P.Co/c1-29-20-39-40(21-30(29)2)75(28-70-39)57-52(84)53(41(27-76)87-57)89-90(85,86)88-31(3)26-69-49(83)18-19-59(8)37(22-46(66)80)56-62(11)61(10,25-48(68)82)36(14-17-45(65)79)51(74-62)33(5)55-60(9,24-47(67)81)34(12-15-43(63)77)38(71-55)23-42-58(6,7)35(13-16-44(64)78)50(72-42)32(4)54(59)73-56;/h20-21,23,28,31,34-37,41,52-53,56-57,71,76,84H,12-19,22,24-27H2,1-11H3,(H2,63,77)(H2,64,78)(H2,65,79)(H2,66,80)(H2,67,81)(H2,68,82)(H,69,83)(H,85,86);/p-1/b38-23-,50-32-,55-33-;/t31-,34-,35-,36-,37+,41-,52-,53-,56-,57+,59-,60+,61+,62+;/m1./s1. The molecule has 8 bridgehead atoms. The van der Waals surface area contributed by atoms with E-state index >= 15 is 0 Å². The van der Waals surface area contributed by atoms with Crippen molar-refractivity contribution in [2.45, 2.75) is 189 Å². The van der Waals surface area contributed by atoms with Gasteiger partial charge in [0.05, 0.1) is 41.7 Å². The van der Waals surface area contributed by atoms with Crippen LogP contribution in [-0.4, -0.2) is 127 Å². The number of imidazole rings is 1. The van der Waals surface area contributed by atoms with Crippen molar-refractivity contribution >= 4 is 77.3 Å². The number of nitrogens with zero attached hydrogens (tertiary/aromatic N) is 5. The fourth-order valence-corrected chi connectivity index (χ4v) is 16.6. The number of ether oxygens (including phenoxy) is 1. The zero-order valence-corrected chi connectivity index (χ0v) is 55.5. The molecule has 29 heteroatoms. The van der Waals surface area contributed by atoms with E-state index in [0.29, 0.717) is 56.4 Å². The second kappa shape index (κ2) is 26.8. The summed E-state index contributed by atoms with van der Waals surface area (Å²) in [5.74, 6) is -7.24. The number of amides is 7. The summed E-state index contributed by atoms with van der Waals surface area (Å²) in [7, 11) is -5.32. The Morgan fingerprint density at radius 2 is 1.41 bits per heavy atom. The molecule has 6 aliphatic rings. The first-order valence-electron chi connectivity index (χ1n) is 30.5. The molecule has 27 nitrogen and oxygen atoms in total. The fourth-order valence-electron chi connectivity index (χ4n) is 15.4. The molecule has 16 N–H and O–H groups in total. The molecule has 7 amide bonds. The SMILES string of the molecule is C/C1=C2N=C(/C=C3\N/C(=C(/C)C4=N[C@@](C)([C@@H]5N=C1[C@](C)(CCC(=O)NC[C@@H](C)OP(=O)([O-])O[C@H]1[C@@H](O)[C@@H](n6cnc7cc(C)c(C)cc76)O[C@@H]1CO)[C@H]5CC(N)=O)[C@@](C)(CC(N)=O)[C@@H]4CCC(N)=O)[C@@](C)(CC(N)=O)[C@@H]3CCC(N)=O)C(C)(C)[C@@H]/2CCC(N)=O.[Co]. The topological polar surface area (TPSA) is 463 Å². The van der Waals surface area contributed by atoms with Crippen LogP contribution >= 0.6 is 7.82 Å². The van der Waals surface area contributed by atoms with E-state index < -0.39 is 143 Å². The molecule has 0 spiro atoms. The number of aromatic nitrogens is 2. The Morgan fingerprint density at radius 1 is 0.813 bits per heavy atom. The summed E-state index contributed by atoms with van der Waals surface area (Å²) in [5.41, 5.74) is 37.2. The van der Waals surface area contributed by atoms with Gasteiger partial charge in [-0.25, -0.2) is 4.98 Å². The Balaban J connectivity index is 0.0000118. The second-order valence-corrected chi connectivity index (χ2v) is 28.4. The number of carbonyl (C=O) groups is 7. The number of aliphatic hydroxyl groups excluding tert-OH is 2. The van der Waals surface area contributed by atoms with Crippen LogP contribution in [0, 0.1) is 59.2 Å². The van der Waals surface area contributed by atoms with Gasteiger partial charge in [0.1, 0.15) is 18.3 Å². The molecule has 0 aliphatic carbocycles. The van der Waals surface area contributed by atoms with E-state index in [1.165, 1.54) is 17.8 Å². The summed E-state index contributed by atoms with van der Waals surface area (Å²) < 4.78 is 31.9. The third-order valence-electron chi connectivity index (χ3n) is 20.6. The molecule has 8 rings (SSSR count). The van der Waals surface area contributed by atoms with Gasteiger partial charge >= 0.3 is 0 Å². The molecule has 0 saturated carbocycles. The van der Waals surface area contributed by atoms with Crippen molar-refractivity contribution in [1.82, 2.24) is 20.2 Å². The van der Waals surface area contributed by atoms with Gasteiger partial charge in [0.15, 0.2) is 6.23 Å². The Labute approximate surface area is 539 Å². The summed E-state index contributed by atoms with van der Waals surface area (Å²) in [5, 5.41) is 28.1. The van der Waals surface area contributed by atoms with Crippen LogP contribution in [0.25, 0.3) is 11.0 Å². The molecule has 2 fully saturated rings. The molecule has 2 aromatic rings. The van der Waals surface area contributed by atoms with Crippen LogP contribution in [-0.2, 0) is 68.7 Å². The number of hydrogen-bond donors (Lipinski definition) is 10. The van der Waals surface area contributed by atoms with Gasteiger partial charge in [-0.2, -0.15) is 0 Å². The van der Waals surface area contributed by atoms with Gasteiger partial charge in [0.2, 0.25) is 41.4 Å². The molecular weight excluding hydrogens is 1240 g/mol. The number of primary amides is 6.